The highest BCUT2D eigenvalue weighted by atomic mass is 16.6. The molecule has 0 radical (unpaired) electrons. The van der Waals surface area contributed by atoms with Crippen molar-refractivity contribution in [2.45, 2.75) is 13.0 Å². The Labute approximate surface area is 120 Å². The van der Waals surface area contributed by atoms with Crippen LogP contribution in [0.15, 0.2) is 42.9 Å². The van der Waals surface area contributed by atoms with Gasteiger partial charge >= 0.3 is 0 Å². The Morgan fingerprint density at radius 2 is 2.14 bits per heavy atom. The summed E-state index contributed by atoms with van der Waals surface area (Å²) >= 11 is 0. The molecule has 0 saturated heterocycles. The Morgan fingerprint density at radius 1 is 1.29 bits per heavy atom. The van der Waals surface area contributed by atoms with Crippen molar-refractivity contribution < 1.29 is 4.92 Å². The predicted molar refractivity (Wildman–Crippen MR) is 79.0 cm³/mol. The van der Waals surface area contributed by atoms with Gasteiger partial charge in [0.05, 0.1) is 22.0 Å². The number of nitrogens with zero attached hydrogens (tertiary/aromatic N) is 3. The van der Waals surface area contributed by atoms with Crippen molar-refractivity contribution in [2.24, 2.45) is 0 Å². The van der Waals surface area contributed by atoms with E-state index >= 15 is 0 Å². The molecule has 3 rings (SSSR count). The number of pyridine rings is 1. The number of aromatic amines is 1. The molecule has 7 heteroatoms. The van der Waals surface area contributed by atoms with E-state index in [1.165, 1.54) is 6.07 Å². The molecular weight excluding hydrogens is 270 g/mol. The van der Waals surface area contributed by atoms with Crippen LogP contribution in [-0.4, -0.2) is 19.9 Å². The zero-order chi connectivity index (χ0) is 14.8. The van der Waals surface area contributed by atoms with E-state index in [9.17, 15) is 10.1 Å². The quantitative estimate of drug-likeness (QED) is 0.566. The number of aromatic nitrogens is 3. The normalized spacial score (nSPS) is 12.2. The first-order valence-corrected chi connectivity index (χ1v) is 6.45. The largest absolute Gasteiger partial charge is 0.374 e. The molecule has 0 spiro atoms. The molecule has 21 heavy (non-hydrogen) atoms. The molecule has 106 valence electrons. The van der Waals surface area contributed by atoms with E-state index in [1.807, 2.05) is 6.92 Å². The fourth-order valence-corrected chi connectivity index (χ4v) is 2.25. The van der Waals surface area contributed by atoms with Gasteiger partial charge in [-0.1, -0.05) is 0 Å². The van der Waals surface area contributed by atoms with Crippen LogP contribution in [-0.2, 0) is 0 Å². The summed E-state index contributed by atoms with van der Waals surface area (Å²) in [5.41, 5.74) is 1.36. The fourth-order valence-electron chi connectivity index (χ4n) is 2.25. The molecule has 0 fully saturated rings. The highest BCUT2D eigenvalue weighted by molar-refractivity contribution is 5.96. The Kier molecular flexibility index (Phi) is 3.23. The molecule has 0 aliphatic rings. The van der Waals surface area contributed by atoms with E-state index in [1.54, 1.807) is 36.8 Å². The fraction of sp³-hybridized carbons (Fsp3) is 0.143. The zero-order valence-corrected chi connectivity index (χ0v) is 11.3. The van der Waals surface area contributed by atoms with Gasteiger partial charge in [-0.25, -0.2) is 4.98 Å². The lowest BCUT2D eigenvalue weighted by Crippen LogP contribution is -2.09. The first kappa shape index (κ1) is 13.0. The Morgan fingerprint density at radius 3 is 2.86 bits per heavy atom. The van der Waals surface area contributed by atoms with Crippen LogP contribution >= 0.6 is 0 Å². The number of hydrogen-bond acceptors (Lipinski definition) is 5. The zero-order valence-electron chi connectivity index (χ0n) is 11.3. The van der Waals surface area contributed by atoms with Crippen molar-refractivity contribution in [1.29, 1.82) is 0 Å². The second kappa shape index (κ2) is 5.20. The summed E-state index contributed by atoms with van der Waals surface area (Å²) in [6.07, 6.45) is 5.05. The Hall–Kier alpha value is -2.96. The molecule has 0 aliphatic heterocycles. The molecule has 0 amide bonds. The smallest absolute Gasteiger partial charge is 0.278 e. The van der Waals surface area contributed by atoms with Gasteiger partial charge < -0.3 is 10.3 Å². The van der Waals surface area contributed by atoms with Gasteiger partial charge in [-0.2, -0.15) is 0 Å². The van der Waals surface area contributed by atoms with Crippen molar-refractivity contribution >= 4 is 22.3 Å². The predicted octanol–water partition coefficient (Wildman–Crippen LogP) is 3.04. The van der Waals surface area contributed by atoms with E-state index in [4.69, 9.17) is 0 Å². The van der Waals surface area contributed by atoms with E-state index in [0.717, 1.165) is 11.5 Å². The summed E-state index contributed by atoms with van der Waals surface area (Å²) in [6, 6.07) is 6.48. The number of nitro benzene ring substituents is 1. The van der Waals surface area contributed by atoms with E-state index < -0.39 is 4.92 Å². The number of benzene rings is 1. The van der Waals surface area contributed by atoms with Crippen LogP contribution in [0.3, 0.4) is 0 Å². The van der Waals surface area contributed by atoms with Crippen molar-refractivity contribution in [3.05, 3.63) is 58.8 Å². The number of non-ortho nitro benzene ring substituents is 1. The molecular formula is C14H13N5O2. The first-order chi connectivity index (χ1) is 10.2. The van der Waals surface area contributed by atoms with Gasteiger partial charge in [0.25, 0.3) is 5.69 Å². The standard InChI is InChI=1S/C14H13N5O2/c1-9(14-16-7-8-17-14)18-11-4-5-12(19(20)21)10-3-2-6-15-13(10)11/h2-9,18H,1H3,(H,16,17). The summed E-state index contributed by atoms with van der Waals surface area (Å²) in [5.74, 6) is 0.789. The van der Waals surface area contributed by atoms with Gasteiger partial charge in [0.2, 0.25) is 0 Å². The Balaban J connectivity index is 2.04. The van der Waals surface area contributed by atoms with Gasteiger partial charge in [-0.15, -0.1) is 0 Å². The molecule has 3 aromatic rings. The minimum absolute atomic E-state index is 0.0503. The van der Waals surface area contributed by atoms with Crippen LogP contribution in [0.25, 0.3) is 10.9 Å². The number of fused-ring (bicyclic) bond motifs is 1. The third kappa shape index (κ3) is 2.40. The number of H-pyrrole nitrogens is 1. The van der Waals surface area contributed by atoms with Crippen molar-refractivity contribution in [3.8, 4) is 0 Å². The second-order valence-corrected chi connectivity index (χ2v) is 4.63. The topological polar surface area (TPSA) is 96.7 Å². The van der Waals surface area contributed by atoms with E-state index in [0.29, 0.717) is 10.9 Å². The number of anilines is 1. The van der Waals surface area contributed by atoms with Crippen molar-refractivity contribution in [3.63, 3.8) is 0 Å². The molecule has 1 unspecified atom stereocenters. The third-order valence-electron chi connectivity index (χ3n) is 3.24. The van der Waals surface area contributed by atoms with Crippen LogP contribution in [0, 0.1) is 10.1 Å². The number of rotatable bonds is 4. The maximum atomic E-state index is 11.1. The molecule has 2 heterocycles. The maximum absolute atomic E-state index is 11.1. The lowest BCUT2D eigenvalue weighted by Gasteiger charge is -2.14. The summed E-state index contributed by atoms with van der Waals surface area (Å²) in [4.78, 5) is 22.2. The van der Waals surface area contributed by atoms with Gasteiger partial charge in [0, 0.05) is 24.7 Å². The van der Waals surface area contributed by atoms with Gasteiger partial charge in [0.1, 0.15) is 11.3 Å². The molecule has 0 bridgehead atoms. The lowest BCUT2D eigenvalue weighted by atomic mass is 10.1. The van der Waals surface area contributed by atoms with Gasteiger partial charge in [0.15, 0.2) is 0 Å². The maximum Gasteiger partial charge on any atom is 0.278 e. The lowest BCUT2D eigenvalue weighted by molar-refractivity contribution is -0.383. The third-order valence-corrected chi connectivity index (χ3v) is 3.24. The molecule has 1 aromatic carbocycles. The summed E-state index contributed by atoms with van der Waals surface area (Å²) < 4.78 is 0. The summed E-state index contributed by atoms with van der Waals surface area (Å²) in [6.45, 7) is 1.95. The van der Waals surface area contributed by atoms with Gasteiger partial charge in [-0.05, 0) is 25.1 Å². The van der Waals surface area contributed by atoms with Crippen molar-refractivity contribution in [2.75, 3.05) is 5.32 Å². The molecule has 0 saturated carbocycles. The minimum atomic E-state index is -0.399. The van der Waals surface area contributed by atoms with Crippen LogP contribution in [0.1, 0.15) is 18.8 Å². The highest BCUT2D eigenvalue weighted by Crippen LogP contribution is 2.31. The number of imidazole rings is 1. The molecule has 1 atom stereocenters. The summed E-state index contributed by atoms with van der Waals surface area (Å²) in [5, 5.41) is 14.9. The van der Waals surface area contributed by atoms with Crippen LogP contribution in [0.4, 0.5) is 11.4 Å². The molecule has 0 aliphatic carbocycles. The highest BCUT2D eigenvalue weighted by Gasteiger charge is 2.16. The van der Waals surface area contributed by atoms with E-state index in [-0.39, 0.29) is 11.7 Å². The Bertz CT molecular complexity index is 785. The average molecular weight is 283 g/mol. The number of nitrogens with one attached hydrogen (secondary N) is 2. The first-order valence-electron chi connectivity index (χ1n) is 6.45. The molecule has 2 N–H and O–H groups in total. The summed E-state index contributed by atoms with van der Waals surface area (Å²) in [7, 11) is 0. The number of nitro groups is 1. The average Bonchev–Trinajstić information content (AvgIpc) is 3.01. The monoisotopic (exact) mass is 283 g/mol. The minimum Gasteiger partial charge on any atom is -0.374 e. The van der Waals surface area contributed by atoms with Crippen LogP contribution in [0.2, 0.25) is 0 Å². The van der Waals surface area contributed by atoms with Crippen LogP contribution in [0.5, 0.6) is 0 Å². The molecule has 7 nitrogen and oxygen atoms in total. The van der Waals surface area contributed by atoms with Crippen LogP contribution < -0.4 is 5.32 Å². The van der Waals surface area contributed by atoms with Gasteiger partial charge in [-0.3, -0.25) is 15.1 Å². The van der Waals surface area contributed by atoms with Crippen molar-refractivity contribution in [1.82, 2.24) is 15.0 Å². The second-order valence-electron chi connectivity index (χ2n) is 4.63. The molecule has 2 aromatic heterocycles. The SMILES string of the molecule is CC(Nc1ccc([N+](=O)[O-])c2cccnc12)c1ncc[nH]1. The van der Waals surface area contributed by atoms with E-state index in [2.05, 4.69) is 20.3 Å². The number of hydrogen-bond donors (Lipinski definition) is 2.